The van der Waals surface area contributed by atoms with E-state index in [1.165, 1.54) is 53.2 Å². The molecule has 3 heteroatoms. The summed E-state index contributed by atoms with van der Waals surface area (Å²) < 4.78 is 9.10. The van der Waals surface area contributed by atoms with Crippen molar-refractivity contribution in [2.45, 2.75) is 0 Å². The van der Waals surface area contributed by atoms with Gasteiger partial charge in [-0.15, -0.1) is 11.3 Å². The molecule has 0 saturated heterocycles. The van der Waals surface area contributed by atoms with Gasteiger partial charge in [0.25, 0.3) is 0 Å². The first-order valence-electron chi connectivity index (χ1n) is 20.7. The van der Waals surface area contributed by atoms with Gasteiger partial charge < -0.3 is 9.32 Å². The lowest BCUT2D eigenvalue weighted by molar-refractivity contribution is 0.670. The summed E-state index contributed by atoms with van der Waals surface area (Å²) in [7, 11) is 0. The fraction of sp³-hybridized carbons (Fsp3) is 0. The van der Waals surface area contributed by atoms with Crippen LogP contribution in [0.3, 0.4) is 0 Å². The van der Waals surface area contributed by atoms with Crippen LogP contribution in [0.1, 0.15) is 0 Å². The number of hydrogen-bond acceptors (Lipinski definition) is 3. The van der Waals surface area contributed by atoms with Crippen LogP contribution in [-0.4, -0.2) is 0 Å². The Morgan fingerprint density at radius 1 is 0.328 bits per heavy atom. The normalized spacial score (nSPS) is 11.6. The van der Waals surface area contributed by atoms with Gasteiger partial charge >= 0.3 is 0 Å². The van der Waals surface area contributed by atoms with Gasteiger partial charge in [0.05, 0.1) is 5.69 Å². The lowest BCUT2D eigenvalue weighted by atomic mass is 9.94. The molecule has 0 aliphatic carbocycles. The Morgan fingerprint density at radius 3 is 1.75 bits per heavy atom. The number of anilines is 3. The molecule has 0 saturated carbocycles. The van der Waals surface area contributed by atoms with Crippen molar-refractivity contribution in [1.29, 1.82) is 0 Å². The highest BCUT2D eigenvalue weighted by Gasteiger charge is 2.19. The minimum Gasteiger partial charge on any atom is -0.455 e. The zero-order chi connectivity index (χ0) is 40.3. The second kappa shape index (κ2) is 14.5. The Hall–Kier alpha value is -7.72. The summed E-state index contributed by atoms with van der Waals surface area (Å²) in [6.07, 6.45) is 0. The average molecular weight is 796 g/mol. The number of benzene rings is 10. The highest BCUT2D eigenvalue weighted by molar-refractivity contribution is 7.25. The van der Waals surface area contributed by atoms with E-state index < -0.39 is 0 Å². The van der Waals surface area contributed by atoms with E-state index in [2.05, 4.69) is 217 Å². The fourth-order valence-electron chi connectivity index (χ4n) is 9.14. The number of nitrogens with zero attached hydrogens (tertiary/aromatic N) is 1. The quantitative estimate of drug-likeness (QED) is 0.160. The van der Waals surface area contributed by atoms with E-state index in [9.17, 15) is 0 Å². The summed E-state index contributed by atoms with van der Waals surface area (Å²) in [6, 6.07) is 81.2. The zero-order valence-electron chi connectivity index (χ0n) is 33.1. The van der Waals surface area contributed by atoms with Crippen LogP contribution in [0, 0.1) is 0 Å². The second-order valence-electron chi connectivity index (χ2n) is 15.6. The monoisotopic (exact) mass is 795 g/mol. The molecule has 0 fully saturated rings. The molecule has 0 N–H and O–H groups in total. The van der Waals surface area contributed by atoms with E-state index in [1.54, 1.807) is 0 Å². The first kappa shape index (κ1) is 35.2. The van der Waals surface area contributed by atoms with E-state index in [1.807, 2.05) is 23.5 Å². The van der Waals surface area contributed by atoms with Crippen LogP contribution in [0.2, 0.25) is 0 Å². The van der Waals surface area contributed by atoms with Gasteiger partial charge in [0, 0.05) is 53.4 Å². The Kier molecular flexibility index (Phi) is 8.39. The molecular formula is C58H37NOS. The second-order valence-corrected chi connectivity index (χ2v) is 16.7. The molecule has 0 amide bonds. The van der Waals surface area contributed by atoms with Crippen molar-refractivity contribution in [2.24, 2.45) is 0 Å². The minimum atomic E-state index is 0.904. The summed E-state index contributed by atoms with van der Waals surface area (Å²) in [4.78, 5) is 2.39. The van der Waals surface area contributed by atoms with Crippen LogP contribution in [-0.2, 0) is 0 Å². The number of fused-ring (bicyclic) bond motifs is 7. The number of para-hydroxylation sites is 3. The van der Waals surface area contributed by atoms with Gasteiger partial charge in [-0.25, -0.2) is 0 Å². The predicted octanol–water partition coefficient (Wildman–Crippen LogP) is 17.2. The van der Waals surface area contributed by atoms with Crippen molar-refractivity contribution < 1.29 is 4.42 Å². The van der Waals surface area contributed by atoms with Gasteiger partial charge in [-0.05, 0) is 105 Å². The molecule has 10 aromatic carbocycles. The Labute approximate surface area is 357 Å². The van der Waals surface area contributed by atoms with E-state index in [-0.39, 0.29) is 0 Å². The number of hydrogen-bond donors (Lipinski definition) is 0. The van der Waals surface area contributed by atoms with Crippen LogP contribution in [0.15, 0.2) is 229 Å². The highest BCUT2D eigenvalue weighted by atomic mass is 32.1. The molecule has 0 radical (unpaired) electrons. The van der Waals surface area contributed by atoms with Gasteiger partial charge in [-0.1, -0.05) is 164 Å². The molecule has 0 spiro atoms. The SMILES string of the molecule is c1cc(-c2ccccc2N(c2ccc(-c3ccc4sc5ccccc5c4c3)cc2)c2ccc(-c3cccc4c3oc3ccccc34)cc2)cc(-c2cccc3ccccc23)c1. The van der Waals surface area contributed by atoms with Crippen LogP contribution in [0.4, 0.5) is 17.1 Å². The van der Waals surface area contributed by atoms with Gasteiger partial charge in [0.1, 0.15) is 11.2 Å². The molecule has 0 atom stereocenters. The number of furan rings is 1. The number of thiophene rings is 1. The third kappa shape index (κ3) is 6.09. The molecule has 0 aliphatic rings. The third-order valence-electron chi connectivity index (χ3n) is 12.1. The standard InChI is InChI=1S/C58H37NOS/c1-2-16-46-39(12-1)13-10-20-47(46)42-14-9-15-43(36-42)48-17-3-6-23-54(48)59(44-31-26-38(27-32-44)41-30-35-57-53(37-41)51-19-5-8-25-56(51)61-57)45-33-28-40(29-34-45)49-21-11-22-52-50-18-4-7-24-55(50)60-58(49)52/h1-37H. The van der Waals surface area contributed by atoms with Crippen LogP contribution >= 0.6 is 11.3 Å². The maximum atomic E-state index is 6.46. The molecular weight excluding hydrogens is 759 g/mol. The lowest BCUT2D eigenvalue weighted by Crippen LogP contribution is -2.11. The molecule has 0 bridgehead atoms. The van der Waals surface area contributed by atoms with Crippen LogP contribution in [0.25, 0.3) is 97.4 Å². The fourth-order valence-corrected chi connectivity index (χ4v) is 10.2. The van der Waals surface area contributed by atoms with Gasteiger partial charge in [0.2, 0.25) is 0 Å². The molecule has 2 aromatic heterocycles. The Bertz CT molecular complexity index is 3590. The van der Waals surface area contributed by atoms with Crippen molar-refractivity contribution in [2.75, 3.05) is 4.90 Å². The minimum absolute atomic E-state index is 0.904. The van der Waals surface area contributed by atoms with Crippen LogP contribution in [0.5, 0.6) is 0 Å². The van der Waals surface area contributed by atoms with Crippen LogP contribution < -0.4 is 4.90 Å². The summed E-state index contributed by atoms with van der Waals surface area (Å²) in [5.74, 6) is 0. The van der Waals surface area contributed by atoms with Crippen molar-refractivity contribution in [3.8, 4) is 44.5 Å². The van der Waals surface area contributed by atoms with Crippen molar-refractivity contribution in [3.63, 3.8) is 0 Å². The zero-order valence-corrected chi connectivity index (χ0v) is 33.9. The maximum Gasteiger partial charge on any atom is 0.143 e. The molecule has 0 unspecified atom stereocenters. The third-order valence-corrected chi connectivity index (χ3v) is 13.2. The van der Waals surface area contributed by atoms with Crippen molar-refractivity contribution in [3.05, 3.63) is 224 Å². The molecule has 2 heterocycles. The molecule has 61 heavy (non-hydrogen) atoms. The average Bonchev–Trinajstić information content (AvgIpc) is 3.91. The highest BCUT2D eigenvalue weighted by Crippen LogP contribution is 2.44. The Balaban J connectivity index is 0.982. The van der Waals surface area contributed by atoms with Crippen molar-refractivity contribution in [1.82, 2.24) is 0 Å². The predicted molar refractivity (Wildman–Crippen MR) is 261 cm³/mol. The molecule has 0 aliphatic heterocycles. The largest absolute Gasteiger partial charge is 0.455 e. The summed E-state index contributed by atoms with van der Waals surface area (Å²) in [5.41, 5.74) is 14.4. The first-order chi connectivity index (χ1) is 30.2. The molecule has 286 valence electrons. The maximum absolute atomic E-state index is 6.46. The van der Waals surface area contributed by atoms with Crippen molar-refractivity contribution >= 4 is 81.3 Å². The van der Waals surface area contributed by atoms with E-state index in [0.717, 1.165) is 61.3 Å². The number of rotatable bonds is 7. The van der Waals surface area contributed by atoms with Gasteiger partial charge in [0.15, 0.2) is 0 Å². The molecule has 12 rings (SSSR count). The summed E-state index contributed by atoms with van der Waals surface area (Å²) >= 11 is 1.86. The van der Waals surface area contributed by atoms with E-state index in [4.69, 9.17) is 4.42 Å². The molecule has 12 aromatic rings. The van der Waals surface area contributed by atoms with Gasteiger partial charge in [-0.3, -0.25) is 0 Å². The molecule has 2 nitrogen and oxygen atoms in total. The van der Waals surface area contributed by atoms with E-state index >= 15 is 0 Å². The first-order valence-corrected chi connectivity index (χ1v) is 21.6. The summed E-state index contributed by atoms with van der Waals surface area (Å²) in [6.45, 7) is 0. The topological polar surface area (TPSA) is 16.4 Å². The Morgan fingerprint density at radius 2 is 0.902 bits per heavy atom. The summed E-state index contributed by atoms with van der Waals surface area (Å²) in [5, 5.41) is 7.38. The van der Waals surface area contributed by atoms with Gasteiger partial charge in [-0.2, -0.15) is 0 Å². The van der Waals surface area contributed by atoms with E-state index in [0.29, 0.717) is 0 Å². The lowest BCUT2D eigenvalue weighted by Gasteiger charge is -2.28. The smallest absolute Gasteiger partial charge is 0.143 e.